The molecule has 1 aromatic rings. The second-order valence-electron chi connectivity index (χ2n) is 6.45. The summed E-state index contributed by atoms with van der Waals surface area (Å²) in [6.07, 6.45) is 2.96. The molecule has 0 bridgehead atoms. The molecule has 2 rings (SSSR count). The summed E-state index contributed by atoms with van der Waals surface area (Å²) >= 11 is 0. The van der Waals surface area contributed by atoms with Gasteiger partial charge in [0, 0.05) is 37.0 Å². The second-order valence-corrected chi connectivity index (χ2v) is 6.45. The molecule has 27 heavy (non-hydrogen) atoms. The van der Waals surface area contributed by atoms with Gasteiger partial charge in [0.25, 0.3) is 5.69 Å². The zero-order valence-electron chi connectivity index (χ0n) is 15.9. The Kier molecular flexibility index (Phi) is 8.47. The molecule has 0 spiro atoms. The highest BCUT2D eigenvalue weighted by Crippen LogP contribution is 2.29. The summed E-state index contributed by atoms with van der Waals surface area (Å²) in [5.74, 6) is -0.655. The number of nitro benzene ring substituents is 1. The van der Waals surface area contributed by atoms with Gasteiger partial charge in [-0.15, -0.1) is 0 Å². The lowest BCUT2D eigenvalue weighted by molar-refractivity contribution is -0.384. The van der Waals surface area contributed by atoms with E-state index < -0.39 is 23.2 Å². The van der Waals surface area contributed by atoms with Crippen LogP contribution in [0.4, 0.5) is 11.4 Å². The van der Waals surface area contributed by atoms with E-state index in [1.807, 2.05) is 0 Å². The number of benzene rings is 1. The minimum atomic E-state index is -0.709. The van der Waals surface area contributed by atoms with Crippen molar-refractivity contribution >= 4 is 17.3 Å². The molecule has 1 fully saturated rings. The fourth-order valence-electron chi connectivity index (χ4n) is 3.08. The SMILES string of the molecule is CCCCO[C@@H]1OCCC[C@H]1[C@@H](Nc1cccc([N+](=O)[O-])c1)C(=O)OCC. The Balaban J connectivity index is 2.20. The van der Waals surface area contributed by atoms with E-state index in [1.54, 1.807) is 19.1 Å². The monoisotopic (exact) mass is 380 g/mol. The lowest BCUT2D eigenvalue weighted by Crippen LogP contribution is -2.47. The average Bonchev–Trinajstić information content (AvgIpc) is 2.67. The zero-order valence-corrected chi connectivity index (χ0v) is 15.9. The largest absolute Gasteiger partial charge is 0.464 e. The summed E-state index contributed by atoms with van der Waals surface area (Å²) in [6, 6.07) is 5.37. The third-order valence-electron chi connectivity index (χ3n) is 4.44. The van der Waals surface area contributed by atoms with Crippen molar-refractivity contribution in [2.75, 3.05) is 25.1 Å². The Morgan fingerprint density at radius 1 is 1.44 bits per heavy atom. The van der Waals surface area contributed by atoms with Gasteiger partial charge in [-0.3, -0.25) is 10.1 Å². The first-order valence-corrected chi connectivity index (χ1v) is 9.47. The van der Waals surface area contributed by atoms with Gasteiger partial charge in [-0.05, 0) is 32.3 Å². The van der Waals surface area contributed by atoms with Crippen LogP contribution >= 0.6 is 0 Å². The number of carbonyl (C=O) groups is 1. The molecule has 1 N–H and O–H groups in total. The van der Waals surface area contributed by atoms with Gasteiger partial charge in [-0.25, -0.2) is 4.79 Å². The molecule has 1 aromatic carbocycles. The van der Waals surface area contributed by atoms with Crippen LogP contribution in [0.5, 0.6) is 0 Å². The Bertz CT molecular complexity index is 624. The van der Waals surface area contributed by atoms with Crippen LogP contribution in [-0.4, -0.2) is 43.0 Å². The second kappa shape index (κ2) is 10.8. The first-order chi connectivity index (χ1) is 13.1. The highest BCUT2D eigenvalue weighted by molar-refractivity contribution is 5.80. The van der Waals surface area contributed by atoms with Crippen LogP contribution in [-0.2, 0) is 19.0 Å². The van der Waals surface area contributed by atoms with E-state index >= 15 is 0 Å². The van der Waals surface area contributed by atoms with Crippen LogP contribution < -0.4 is 5.32 Å². The van der Waals surface area contributed by atoms with Crippen molar-refractivity contribution < 1.29 is 23.9 Å². The average molecular weight is 380 g/mol. The van der Waals surface area contributed by atoms with Crippen LogP contribution in [0.2, 0.25) is 0 Å². The summed E-state index contributed by atoms with van der Waals surface area (Å²) in [4.78, 5) is 23.2. The molecule has 150 valence electrons. The highest BCUT2D eigenvalue weighted by atomic mass is 16.7. The van der Waals surface area contributed by atoms with Gasteiger partial charge in [-0.2, -0.15) is 0 Å². The number of nitro groups is 1. The fraction of sp³-hybridized carbons (Fsp3) is 0.632. The number of esters is 1. The summed E-state index contributed by atoms with van der Waals surface area (Å²) in [7, 11) is 0. The first kappa shape index (κ1) is 21.1. The molecule has 3 atom stereocenters. The number of nitrogens with zero attached hydrogens (tertiary/aromatic N) is 1. The van der Waals surface area contributed by atoms with E-state index in [9.17, 15) is 14.9 Å². The Morgan fingerprint density at radius 2 is 2.26 bits per heavy atom. The lowest BCUT2D eigenvalue weighted by atomic mass is 9.91. The molecule has 0 aliphatic carbocycles. The molecule has 0 unspecified atom stereocenters. The van der Waals surface area contributed by atoms with Crippen LogP contribution in [0.25, 0.3) is 0 Å². The summed E-state index contributed by atoms with van der Waals surface area (Å²) < 4.78 is 16.9. The molecule has 8 nitrogen and oxygen atoms in total. The van der Waals surface area contributed by atoms with Crippen molar-refractivity contribution in [1.82, 2.24) is 0 Å². The fourth-order valence-corrected chi connectivity index (χ4v) is 3.08. The smallest absolute Gasteiger partial charge is 0.329 e. The third kappa shape index (κ3) is 6.18. The van der Waals surface area contributed by atoms with Crippen molar-refractivity contribution in [3.8, 4) is 0 Å². The normalized spacial score (nSPS) is 20.7. The molecular weight excluding hydrogens is 352 g/mol. The number of hydrogen-bond donors (Lipinski definition) is 1. The minimum Gasteiger partial charge on any atom is -0.464 e. The van der Waals surface area contributed by atoms with Crippen LogP contribution in [0.15, 0.2) is 24.3 Å². The van der Waals surface area contributed by atoms with Crippen LogP contribution in [0, 0.1) is 16.0 Å². The standard InChI is InChI=1S/C19H28N2O6/c1-3-5-11-26-19-16(10-7-12-27-19)17(18(22)25-4-2)20-14-8-6-9-15(13-14)21(23)24/h6,8-9,13,16-17,19-20H,3-5,7,10-12H2,1-2H3/t16-,17+,19+/m0/s1. The first-order valence-electron chi connectivity index (χ1n) is 9.47. The van der Waals surface area contributed by atoms with Crippen molar-refractivity contribution in [3.63, 3.8) is 0 Å². The Morgan fingerprint density at radius 3 is 2.96 bits per heavy atom. The minimum absolute atomic E-state index is 0.0433. The van der Waals surface area contributed by atoms with E-state index in [4.69, 9.17) is 14.2 Å². The lowest BCUT2D eigenvalue weighted by Gasteiger charge is -2.36. The zero-order chi connectivity index (χ0) is 19.6. The maximum Gasteiger partial charge on any atom is 0.329 e. The Hall–Kier alpha value is -2.19. The summed E-state index contributed by atoms with van der Waals surface area (Å²) in [5.41, 5.74) is 0.443. The van der Waals surface area contributed by atoms with E-state index in [1.165, 1.54) is 12.1 Å². The topological polar surface area (TPSA) is 99.9 Å². The molecule has 0 saturated carbocycles. The van der Waals surface area contributed by atoms with Gasteiger partial charge >= 0.3 is 5.97 Å². The molecule has 1 saturated heterocycles. The van der Waals surface area contributed by atoms with Crippen molar-refractivity contribution in [2.45, 2.75) is 51.9 Å². The third-order valence-corrected chi connectivity index (χ3v) is 4.44. The van der Waals surface area contributed by atoms with Gasteiger partial charge in [0.2, 0.25) is 0 Å². The number of non-ortho nitro benzene ring substituents is 1. The quantitative estimate of drug-likeness (QED) is 0.287. The summed E-state index contributed by atoms with van der Waals surface area (Å²) in [5, 5.41) is 14.1. The molecule has 0 radical (unpaired) electrons. The predicted octanol–water partition coefficient (Wildman–Crippen LogP) is 3.51. The number of anilines is 1. The maximum atomic E-state index is 12.6. The Labute approximate surface area is 159 Å². The number of hydrogen-bond acceptors (Lipinski definition) is 7. The molecule has 1 heterocycles. The number of carbonyl (C=O) groups excluding carboxylic acids is 1. The number of unbranched alkanes of at least 4 members (excludes halogenated alkanes) is 1. The number of nitrogens with one attached hydrogen (secondary N) is 1. The van der Waals surface area contributed by atoms with Crippen molar-refractivity contribution in [2.24, 2.45) is 5.92 Å². The van der Waals surface area contributed by atoms with E-state index in [-0.39, 0.29) is 18.2 Å². The highest BCUT2D eigenvalue weighted by Gasteiger charge is 2.38. The maximum absolute atomic E-state index is 12.6. The van der Waals surface area contributed by atoms with Crippen molar-refractivity contribution in [1.29, 1.82) is 0 Å². The molecule has 8 heteroatoms. The van der Waals surface area contributed by atoms with Crippen LogP contribution in [0.3, 0.4) is 0 Å². The molecule has 1 aliphatic heterocycles. The van der Waals surface area contributed by atoms with Crippen LogP contribution in [0.1, 0.15) is 39.5 Å². The molecule has 1 aliphatic rings. The predicted molar refractivity (Wildman–Crippen MR) is 100 cm³/mol. The van der Waals surface area contributed by atoms with E-state index in [0.717, 1.165) is 25.7 Å². The van der Waals surface area contributed by atoms with E-state index in [0.29, 0.717) is 18.9 Å². The van der Waals surface area contributed by atoms with Crippen molar-refractivity contribution in [3.05, 3.63) is 34.4 Å². The molecule has 0 amide bonds. The van der Waals surface area contributed by atoms with Gasteiger partial charge in [0.15, 0.2) is 6.29 Å². The molecule has 0 aromatic heterocycles. The van der Waals surface area contributed by atoms with E-state index in [2.05, 4.69) is 12.2 Å². The van der Waals surface area contributed by atoms with Gasteiger partial charge in [-0.1, -0.05) is 19.4 Å². The summed E-state index contributed by atoms with van der Waals surface area (Å²) in [6.45, 7) is 5.22. The molecular formula is C19H28N2O6. The van der Waals surface area contributed by atoms with Gasteiger partial charge in [0.1, 0.15) is 6.04 Å². The number of rotatable bonds is 10. The van der Waals surface area contributed by atoms with Gasteiger partial charge in [0.05, 0.1) is 11.5 Å². The van der Waals surface area contributed by atoms with Gasteiger partial charge < -0.3 is 19.5 Å². The number of ether oxygens (including phenoxy) is 3.